The Balaban J connectivity index is 1.48. The molecule has 0 aliphatic carbocycles. The van der Waals surface area contributed by atoms with Crippen molar-refractivity contribution >= 4 is 52.9 Å². The van der Waals surface area contributed by atoms with E-state index < -0.39 is 11.9 Å². The molecule has 0 radical (unpaired) electrons. The normalized spacial score (nSPS) is 10.7. The van der Waals surface area contributed by atoms with Crippen LogP contribution >= 0.6 is 34.8 Å². The SMILES string of the molecule is O=C(COc1cccc(Cl)c1)N/N=C/c1ccc(OC(=O)c2ccc(Cl)cc2Cl)cc1. The van der Waals surface area contributed by atoms with Gasteiger partial charge in [0, 0.05) is 10.0 Å². The molecule has 0 bridgehead atoms. The summed E-state index contributed by atoms with van der Waals surface area (Å²) in [6.07, 6.45) is 1.44. The van der Waals surface area contributed by atoms with Crippen LogP contribution in [0.15, 0.2) is 71.8 Å². The van der Waals surface area contributed by atoms with Gasteiger partial charge in [-0.2, -0.15) is 5.10 Å². The van der Waals surface area contributed by atoms with Gasteiger partial charge in [0.1, 0.15) is 11.5 Å². The molecule has 0 unspecified atom stereocenters. The third-order valence-corrected chi connectivity index (χ3v) is 4.59. The number of benzene rings is 3. The second-order valence-electron chi connectivity index (χ2n) is 6.12. The lowest BCUT2D eigenvalue weighted by Gasteiger charge is -2.06. The molecule has 6 nitrogen and oxygen atoms in total. The number of rotatable bonds is 7. The molecule has 0 aliphatic heterocycles. The van der Waals surface area contributed by atoms with E-state index in [1.165, 1.54) is 18.3 Å². The molecule has 0 heterocycles. The van der Waals surface area contributed by atoms with Gasteiger partial charge in [0.05, 0.1) is 16.8 Å². The average molecular weight is 478 g/mol. The Morgan fingerprint density at radius 1 is 0.903 bits per heavy atom. The molecule has 3 aromatic rings. The molecule has 0 aliphatic rings. The molecule has 158 valence electrons. The van der Waals surface area contributed by atoms with Crippen LogP contribution in [0, 0.1) is 0 Å². The zero-order valence-electron chi connectivity index (χ0n) is 15.8. The van der Waals surface area contributed by atoms with Gasteiger partial charge in [0.2, 0.25) is 0 Å². The van der Waals surface area contributed by atoms with Gasteiger partial charge < -0.3 is 9.47 Å². The Labute approximate surface area is 193 Å². The van der Waals surface area contributed by atoms with Gasteiger partial charge in [-0.1, -0.05) is 40.9 Å². The van der Waals surface area contributed by atoms with Gasteiger partial charge in [-0.3, -0.25) is 4.79 Å². The summed E-state index contributed by atoms with van der Waals surface area (Å²) in [5.41, 5.74) is 3.25. The minimum Gasteiger partial charge on any atom is -0.484 e. The summed E-state index contributed by atoms with van der Waals surface area (Å²) in [5, 5.41) is 5.01. The third-order valence-electron chi connectivity index (χ3n) is 3.81. The molecule has 3 rings (SSSR count). The molecule has 3 aromatic carbocycles. The third kappa shape index (κ3) is 7.00. The summed E-state index contributed by atoms with van der Waals surface area (Å²) in [4.78, 5) is 24.0. The maximum Gasteiger partial charge on any atom is 0.345 e. The Morgan fingerprint density at radius 3 is 2.35 bits per heavy atom. The van der Waals surface area contributed by atoms with E-state index in [-0.39, 0.29) is 17.2 Å². The van der Waals surface area contributed by atoms with Crippen molar-refractivity contribution in [2.75, 3.05) is 6.61 Å². The molecular weight excluding hydrogens is 463 g/mol. The van der Waals surface area contributed by atoms with Crippen LogP contribution in [0.1, 0.15) is 15.9 Å². The first-order valence-electron chi connectivity index (χ1n) is 8.88. The highest BCUT2D eigenvalue weighted by Crippen LogP contribution is 2.23. The van der Waals surface area contributed by atoms with E-state index >= 15 is 0 Å². The summed E-state index contributed by atoms with van der Waals surface area (Å²) in [7, 11) is 0. The van der Waals surface area contributed by atoms with Gasteiger partial charge >= 0.3 is 5.97 Å². The summed E-state index contributed by atoms with van der Waals surface area (Å²) in [5.74, 6) is -0.222. The Morgan fingerprint density at radius 2 is 1.65 bits per heavy atom. The summed E-state index contributed by atoms with van der Waals surface area (Å²) >= 11 is 17.7. The minimum absolute atomic E-state index is 0.205. The second-order valence-corrected chi connectivity index (χ2v) is 7.40. The van der Waals surface area contributed by atoms with Crippen LogP contribution in [-0.2, 0) is 4.79 Å². The van der Waals surface area contributed by atoms with E-state index in [1.807, 2.05) is 0 Å². The van der Waals surface area contributed by atoms with E-state index in [9.17, 15) is 9.59 Å². The summed E-state index contributed by atoms with van der Waals surface area (Å²) in [6, 6.07) is 17.8. The quantitative estimate of drug-likeness (QED) is 0.214. The molecule has 0 atom stereocenters. The van der Waals surface area contributed by atoms with E-state index in [1.54, 1.807) is 54.6 Å². The molecule has 9 heteroatoms. The number of esters is 1. The van der Waals surface area contributed by atoms with Crippen molar-refractivity contribution in [2.45, 2.75) is 0 Å². The van der Waals surface area contributed by atoms with Crippen LogP contribution in [0.2, 0.25) is 15.1 Å². The Hall–Kier alpha value is -3.06. The van der Waals surface area contributed by atoms with Crippen molar-refractivity contribution in [3.05, 3.63) is 92.9 Å². The largest absolute Gasteiger partial charge is 0.484 e. The average Bonchev–Trinajstić information content (AvgIpc) is 2.73. The Kier molecular flexibility index (Phi) is 7.89. The van der Waals surface area contributed by atoms with Gasteiger partial charge in [-0.15, -0.1) is 0 Å². The first kappa shape index (κ1) is 22.6. The lowest BCUT2D eigenvalue weighted by atomic mass is 10.2. The monoisotopic (exact) mass is 476 g/mol. The topological polar surface area (TPSA) is 77.0 Å². The maximum absolute atomic E-state index is 12.2. The predicted octanol–water partition coefficient (Wildman–Crippen LogP) is 5.40. The van der Waals surface area contributed by atoms with Crippen molar-refractivity contribution in [1.82, 2.24) is 5.43 Å². The number of ether oxygens (including phenoxy) is 2. The number of nitrogens with one attached hydrogen (secondary N) is 1. The van der Waals surface area contributed by atoms with Crippen LogP contribution in [0.5, 0.6) is 11.5 Å². The molecule has 0 spiro atoms. The van der Waals surface area contributed by atoms with Crippen LogP contribution in [0.3, 0.4) is 0 Å². The van der Waals surface area contributed by atoms with E-state index in [0.29, 0.717) is 27.1 Å². The van der Waals surface area contributed by atoms with Crippen molar-refractivity contribution in [3.8, 4) is 11.5 Å². The van der Waals surface area contributed by atoms with Crippen molar-refractivity contribution < 1.29 is 19.1 Å². The van der Waals surface area contributed by atoms with Crippen molar-refractivity contribution in [3.63, 3.8) is 0 Å². The fourth-order valence-electron chi connectivity index (χ4n) is 2.36. The summed E-state index contributed by atoms with van der Waals surface area (Å²) < 4.78 is 10.6. The molecule has 0 fully saturated rings. The first-order chi connectivity index (χ1) is 14.9. The zero-order valence-corrected chi connectivity index (χ0v) is 18.1. The van der Waals surface area contributed by atoms with Gasteiger partial charge in [0.15, 0.2) is 6.61 Å². The van der Waals surface area contributed by atoms with Gasteiger partial charge in [0.25, 0.3) is 5.91 Å². The predicted molar refractivity (Wildman–Crippen MR) is 121 cm³/mol. The standard InChI is InChI=1S/C22H15Cl3N2O4/c23-15-2-1-3-18(10-15)30-13-21(28)27-26-12-14-4-7-17(8-5-14)31-22(29)19-9-6-16(24)11-20(19)25/h1-12H,13H2,(H,27,28)/b26-12+. The molecule has 0 saturated heterocycles. The maximum atomic E-state index is 12.2. The fourth-order valence-corrected chi connectivity index (χ4v) is 3.02. The molecular formula is C22H15Cl3N2O4. The molecule has 0 aromatic heterocycles. The van der Waals surface area contributed by atoms with E-state index in [4.69, 9.17) is 44.3 Å². The second kappa shape index (κ2) is 10.8. The number of hydrogen-bond acceptors (Lipinski definition) is 5. The number of carbonyl (C=O) groups excluding carboxylic acids is 2. The first-order valence-corrected chi connectivity index (χ1v) is 10.0. The van der Waals surface area contributed by atoms with E-state index in [0.717, 1.165) is 0 Å². The van der Waals surface area contributed by atoms with Gasteiger partial charge in [-0.25, -0.2) is 10.2 Å². The molecule has 1 N–H and O–H groups in total. The number of carbonyl (C=O) groups is 2. The molecule has 0 saturated carbocycles. The van der Waals surface area contributed by atoms with Crippen molar-refractivity contribution in [2.24, 2.45) is 5.10 Å². The van der Waals surface area contributed by atoms with Crippen LogP contribution in [0.4, 0.5) is 0 Å². The van der Waals surface area contributed by atoms with Crippen LogP contribution < -0.4 is 14.9 Å². The van der Waals surface area contributed by atoms with Crippen LogP contribution in [-0.4, -0.2) is 24.7 Å². The highest BCUT2D eigenvalue weighted by molar-refractivity contribution is 6.36. The zero-order chi connectivity index (χ0) is 22.2. The van der Waals surface area contributed by atoms with Crippen molar-refractivity contribution in [1.29, 1.82) is 0 Å². The highest BCUT2D eigenvalue weighted by atomic mass is 35.5. The van der Waals surface area contributed by atoms with Gasteiger partial charge in [-0.05, 0) is 66.2 Å². The summed E-state index contributed by atoms with van der Waals surface area (Å²) in [6.45, 7) is -0.209. The lowest BCUT2D eigenvalue weighted by molar-refractivity contribution is -0.123. The number of hydrazone groups is 1. The highest BCUT2D eigenvalue weighted by Gasteiger charge is 2.13. The number of nitrogens with zero attached hydrogens (tertiary/aromatic N) is 1. The number of amides is 1. The molecule has 31 heavy (non-hydrogen) atoms. The smallest absolute Gasteiger partial charge is 0.345 e. The number of hydrogen-bond donors (Lipinski definition) is 1. The fraction of sp³-hybridized carbons (Fsp3) is 0.0455. The van der Waals surface area contributed by atoms with Crippen LogP contribution in [0.25, 0.3) is 0 Å². The lowest BCUT2D eigenvalue weighted by Crippen LogP contribution is -2.24. The minimum atomic E-state index is -0.602. The van der Waals surface area contributed by atoms with E-state index in [2.05, 4.69) is 10.5 Å². The Bertz CT molecular complexity index is 1120. The molecule has 1 amide bonds. The number of halogens is 3.